The number of nitrogens with one attached hydrogen (secondary N) is 1. The Morgan fingerprint density at radius 1 is 1.19 bits per heavy atom. The number of halogens is 2. The molecule has 1 N–H and O–H groups in total. The van der Waals surface area contributed by atoms with Gasteiger partial charge < -0.3 is 19.7 Å². The fraction of sp³-hybridized carbons (Fsp3) is 0.600. The van der Waals surface area contributed by atoms with Gasteiger partial charge in [0.25, 0.3) is 0 Å². The first kappa shape index (κ1) is 18.9. The number of methoxy groups -OCH3 is 1. The zero-order chi connectivity index (χ0) is 15.7. The van der Waals surface area contributed by atoms with Gasteiger partial charge in [-0.15, -0.1) is 0 Å². The van der Waals surface area contributed by atoms with Crippen molar-refractivity contribution in [3.63, 3.8) is 0 Å². The Morgan fingerprint density at radius 2 is 1.86 bits per heavy atom. The maximum absolute atomic E-state index is 5.58. The van der Waals surface area contributed by atoms with Crippen LogP contribution in [0.15, 0.2) is 21.1 Å². The monoisotopic (exact) mass is 422 g/mol. The summed E-state index contributed by atoms with van der Waals surface area (Å²) in [7, 11) is 3.83. The fourth-order valence-electron chi connectivity index (χ4n) is 1.86. The molecule has 0 unspecified atom stereocenters. The van der Waals surface area contributed by atoms with Crippen LogP contribution in [0.1, 0.15) is 12.5 Å². The van der Waals surface area contributed by atoms with E-state index < -0.39 is 0 Å². The first-order chi connectivity index (χ1) is 10.1. The Hall–Kier alpha value is -0.140. The number of nitrogens with zero attached hydrogens (tertiary/aromatic N) is 1. The maximum atomic E-state index is 5.58. The lowest BCUT2D eigenvalue weighted by Gasteiger charge is -2.16. The van der Waals surface area contributed by atoms with Crippen molar-refractivity contribution < 1.29 is 9.47 Å². The number of ether oxygens (including phenoxy) is 2. The Balaban J connectivity index is 2.39. The molecule has 6 heteroatoms. The molecule has 120 valence electrons. The van der Waals surface area contributed by atoms with E-state index in [1.54, 1.807) is 7.11 Å². The average Bonchev–Trinajstić information content (AvgIpc) is 2.45. The molecule has 1 aromatic rings. The molecule has 0 spiro atoms. The van der Waals surface area contributed by atoms with Crippen LogP contribution < -0.4 is 10.1 Å². The standard InChI is InChI=1S/C15H24Br2N2O2/c1-4-21-15-13(16)9-12(10-14(15)17)11-18-5-6-19(2)7-8-20-3/h9-10,18H,4-8,11H2,1-3H3. The highest BCUT2D eigenvalue weighted by molar-refractivity contribution is 9.11. The summed E-state index contributed by atoms with van der Waals surface area (Å²) in [6.07, 6.45) is 0. The normalized spacial score (nSPS) is 11.1. The molecule has 1 rings (SSSR count). The van der Waals surface area contributed by atoms with Crippen LogP contribution in [0.5, 0.6) is 5.75 Å². The topological polar surface area (TPSA) is 33.7 Å². The zero-order valence-corrected chi connectivity index (χ0v) is 16.1. The Morgan fingerprint density at radius 3 is 2.43 bits per heavy atom. The minimum Gasteiger partial charge on any atom is -0.492 e. The molecule has 0 radical (unpaired) electrons. The fourth-order valence-corrected chi connectivity index (χ4v) is 3.37. The van der Waals surface area contributed by atoms with Gasteiger partial charge in [-0.2, -0.15) is 0 Å². The van der Waals surface area contributed by atoms with Crippen molar-refractivity contribution in [2.75, 3.05) is 47.0 Å². The number of hydrogen-bond acceptors (Lipinski definition) is 4. The molecule has 0 aliphatic carbocycles. The minimum atomic E-state index is 0.655. The number of benzene rings is 1. The number of hydrogen-bond donors (Lipinski definition) is 1. The van der Waals surface area contributed by atoms with E-state index in [1.807, 2.05) is 6.92 Å². The molecule has 0 heterocycles. The molecule has 21 heavy (non-hydrogen) atoms. The van der Waals surface area contributed by atoms with E-state index in [2.05, 4.69) is 61.3 Å². The second-order valence-electron chi connectivity index (χ2n) is 4.79. The van der Waals surface area contributed by atoms with Crippen molar-refractivity contribution in [2.45, 2.75) is 13.5 Å². The molecule has 0 aromatic heterocycles. The first-order valence-electron chi connectivity index (χ1n) is 7.07. The quantitative estimate of drug-likeness (QED) is 0.585. The second-order valence-corrected chi connectivity index (χ2v) is 6.50. The summed E-state index contributed by atoms with van der Waals surface area (Å²) in [5.41, 5.74) is 1.22. The van der Waals surface area contributed by atoms with Crippen molar-refractivity contribution in [2.24, 2.45) is 0 Å². The molecule has 0 atom stereocenters. The highest BCUT2D eigenvalue weighted by atomic mass is 79.9. The van der Waals surface area contributed by atoms with E-state index in [-0.39, 0.29) is 0 Å². The SMILES string of the molecule is CCOc1c(Br)cc(CNCCN(C)CCOC)cc1Br. The molecular weight excluding hydrogens is 400 g/mol. The van der Waals surface area contributed by atoms with Gasteiger partial charge in [0, 0.05) is 33.3 Å². The zero-order valence-electron chi connectivity index (χ0n) is 12.9. The minimum absolute atomic E-state index is 0.655. The summed E-state index contributed by atoms with van der Waals surface area (Å²) >= 11 is 7.11. The van der Waals surface area contributed by atoms with Gasteiger partial charge in [0.1, 0.15) is 5.75 Å². The number of rotatable bonds is 10. The lowest BCUT2D eigenvalue weighted by molar-refractivity contribution is 0.161. The van der Waals surface area contributed by atoms with Crippen LogP contribution in [-0.4, -0.2) is 51.9 Å². The van der Waals surface area contributed by atoms with Gasteiger partial charge in [-0.3, -0.25) is 0 Å². The summed E-state index contributed by atoms with van der Waals surface area (Å²) in [5, 5.41) is 3.45. The third kappa shape index (κ3) is 7.10. The molecule has 0 fully saturated rings. The second kappa shape index (κ2) is 10.6. The molecule has 1 aromatic carbocycles. The predicted molar refractivity (Wildman–Crippen MR) is 94.1 cm³/mol. The smallest absolute Gasteiger partial charge is 0.147 e. The van der Waals surface area contributed by atoms with Gasteiger partial charge in [-0.1, -0.05) is 0 Å². The summed E-state index contributed by atoms with van der Waals surface area (Å²) in [4.78, 5) is 2.25. The van der Waals surface area contributed by atoms with Crippen LogP contribution in [0.3, 0.4) is 0 Å². The van der Waals surface area contributed by atoms with Crippen molar-refractivity contribution in [1.82, 2.24) is 10.2 Å². The molecule has 0 aliphatic rings. The van der Waals surface area contributed by atoms with Gasteiger partial charge in [0.2, 0.25) is 0 Å². The van der Waals surface area contributed by atoms with Gasteiger partial charge in [0.15, 0.2) is 0 Å². The Kier molecular flexibility index (Phi) is 9.51. The summed E-state index contributed by atoms with van der Waals surface area (Å²) in [5.74, 6) is 0.862. The van der Waals surface area contributed by atoms with Crippen LogP contribution in [0.25, 0.3) is 0 Å². The van der Waals surface area contributed by atoms with Crippen LogP contribution >= 0.6 is 31.9 Å². The van der Waals surface area contributed by atoms with E-state index >= 15 is 0 Å². The van der Waals surface area contributed by atoms with Gasteiger partial charge >= 0.3 is 0 Å². The highest BCUT2D eigenvalue weighted by Crippen LogP contribution is 2.34. The third-order valence-corrected chi connectivity index (χ3v) is 4.20. The molecular formula is C15H24Br2N2O2. The summed E-state index contributed by atoms with van der Waals surface area (Å²) in [6.45, 7) is 7.15. The first-order valence-corrected chi connectivity index (χ1v) is 8.66. The molecule has 0 aliphatic heterocycles. The third-order valence-electron chi connectivity index (χ3n) is 3.02. The molecule has 0 amide bonds. The van der Waals surface area contributed by atoms with E-state index in [1.165, 1.54) is 5.56 Å². The van der Waals surface area contributed by atoms with Gasteiger partial charge in [-0.25, -0.2) is 0 Å². The average molecular weight is 424 g/mol. The number of likely N-dealkylation sites (N-methyl/N-ethyl adjacent to an activating group) is 1. The molecule has 0 saturated carbocycles. The van der Waals surface area contributed by atoms with Crippen LogP contribution in [0.2, 0.25) is 0 Å². The van der Waals surface area contributed by atoms with Gasteiger partial charge in [-0.05, 0) is 63.5 Å². The van der Waals surface area contributed by atoms with Crippen molar-refractivity contribution >= 4 is 31.9 Å². The lowest BCUT2D eigenvalue weighted by atomic mass is 10.2. The van der Waals surface area contributed by atoms with Crippen LogP contribution in [0.4, 0.5) is 0 Å². The van der Waals surface area contributed by atoms with Crippen LogP contribution in [-0.2, 0) is 11.3 Å². The van der Waals surface area contributed by atoms with E-state index in [4.69, 9.17) is 9.47 Å². The van der Waals surface area contributed by atoms with Gasteiger partial charge in [0.05, 0.1) is 22.2 Å². The van der Waals surface area contributed by atoms with Crippen molar-refractivity contribution in [1.29, 1.82) is 0 Å². The predicted octanol–water partition coefficient (Wildman–Crippen LogP) is 3.28. The van der Waals surface area contributed by atoms with E-state index in [0.717, 1.165) is 47.5 Å². The Labute approximate surface area is 144 Å². The van der Waals surface area contributed by atoms with Crippen molar-refractivity contribution in [3.05, 3.63) is 26.6 Å². The van der Waals surface area contributed by atoms with Crippen molar-refractivity contribution in [3.8, 4) is 5.75 Å². The Bertz CT molecular complexity index is 407. The molecule has 0 bridgehead atoms. The molecule has 0 saturated heterocycles. The summed E-state index contributed by atoms with van der Waals surface area (Å²) in [6, 6.07) is 4.19. The van der Waals surface area contributed by atoms with Crippen LogP contribution in [0, 0.1) is 0 Å². The lowest BCUT2D eigenvalue weighted by Crippen LogP contribution is -2.31. The maximum Gasteiger partial charge on any atom is 0.147 e. The van der Waals surface area contributed by atoms with E-state index in [0.29, 0.717) is 6.61 Å². The summed E-state index contributed by atoms with van der Waals surface area (Å²) < 4.78 is 12.6. The largest absolute Gasteiger partial charge is 0.492 e. The highest BCUT2D eigenvalue weighted by Gasteiger charge is 2.08. The molecule has 4 nitrogen and oxygen atoms in total. The van der Waals surface area contributed by atoms with E-state index in [9.17, 15) is 0 Å².